The third-order valence-electron chi connectivity index (χ3n) is 2.48. The summed E-state index contributed by atoms with van der Waals surface area (Å²) in [6, 6.07) is 6.89. The second-order valence-electron chi connectivity index (χ2n) is 4.09. The number of amides is 1. The third kappa shape index (κ3) is 4.87. The highest BCUT2D eigenvalue weighted by Gasteiger charge is 2.08. The molecule has 0 heterocycles. The maximum atomic E-state index is 11.7. The van der Waals surface area contributed by atoms with E-state index in [1.54, 1.807) is 24.1 Å². The molecule has 0 saturated carbocycles. The van der Waals surface area contributed by atoms with E-state index in [1.807, 2.05) is 12.1 Å². The Balaban J connectivity index is 2.40. The SMILES string of the molecule is CCCNCC(=O)N(C)Cc1ccc(O)cc1. The molecule has 1 aromatic carbocycles. The Morgan fingerprint density at radius 3 is 2.59 bits per heavy atom. The quantitative estimate of drug-likeness (QED) is 0.733. The van der Waals surface area contributed by atoms with E-state index in [0.29, 0.717) is 13.1 Å². The standard InChI is InChI=1S/C13H20N2O2/c1-3-8-14-9-13(17)15(2)10-11-4-6-12(16)7-5-11/h4-7,14,16H,3,8-10H2,1-2H3. The smallest absolute Gasteiger partial charge is 0.236 e. The van der Waals surface area contributed by atoms with Crippen LogP contribution >= 0.6 is 0 Å². The van der Waals surface area contributed by atoms with E-state index in [4.69, 9.17) is 5.11 Å². The first kappa shape index (κ1) is 13.5. The van der Waals surface area contributed by atoms with Crippen LogP contribution in [-0.2, 0) is 11.3 Å². The average molecular weight is 236 g/mol. The summed E-state index contributed by atoms with van der Waals surface area (Å²) >= 11 is 0. The number of nitrogens with zero attached hydrogens (tertiary/aromatic N) is 1. The summed E-state index contributed by atoms with van der Waals surface area (Å²) in [6.45, 7) is 3.87. The van der Waals surface area contributed by atoms with Gasteiger partial charge in [-0.25, -0.2) is 0 Å². The van der Waals surface area contributed by atoms with Gasteiger partial charge in [0.1, 0.15) is 5.75 Å². The van der Waals surface area contributed by atoms with E-state index in [1.165, 1.54) is 0 Å². The van der Waals surface area contributed by atoms with E-state index in [9.17, 15) is 4.79 Å². The van der Waals surface area contributed by atoms with Crippen molar-refractivity contribution in [2.45, 2.75) is 19.9 Å². The second-order valence-corrected chi connectivity index (χ2v) is 4.09. The third-order valence-corrected chi connectivity index (χ3v) is 2.48. The lowest BCUT2D eigenvalue weighted by Crippen LogP contribution is -2.35. The molecule has 0 unspecified atom stereocenters. The molecule has 0 atom stereocenters. The molecular weight excluding hydrogens is 216 g/mol. The average Bonchev–Trinajstić information content (AvgIpc) is 2.32. The molecule has 0 fully saturated rings. The number of benzene rings is 1. The minimum atomic E-state index is 0.0755. The Morgan fingerprint density at radius 2 is 2.00 bits per heavy atom. The van der Waals surface area contributed by atoms with Crippen molar-refractivity contribution >= 4 is 5.91 Å². The number of likely N-dealkylation sites (N-methyl/N-ethyl adjacent to an activating group) is 1. The molecule has 0 bridgehead atoms. The summed E-state index contributed by atoms with van der Waals surface area (Å²) in [5.41, 5.74) is 1.01. The molecule has 1 amide bonds. The molecule has 0 aliphatic heterocycles. The molecule has 0 aliphatic rings. The highest BCUT2D eigenvalue weighted by molar-refractivity contribution is 5.77. The first-order valence-electron chi connectivity index (χ1n) is 5.86. The van der Waals surface area contributed by atoms with Gasteiger partial charge >= 0.3 is 0 Å². The predicted octanol–water partition coefficient (Wildman–Crippen LogP) is 1.35. The maximum Gasteiger partial charge on any atom is 0.236 e. The van der Waals surface area contributed by atoms with Crippen LogP contribution in [0.15, 0.2) is 24.3 Å². The zero-order valence-corrected chi connectivity index (χ0v) is 10.4. The van der Waals surface area contributed by atoms with Gasteiger partial charge in [0.05, 0.1) is 6.54 Å². The van der Waals surface area contributed by atoms with Crippen molar-refractivity contribution in [2.24, 2.45) is 0 Å². The summed E-state index contributed by atoms with van der Waals surface area (Å²) in [7, 11) is 1.78. The number of carbonyl (C=O) groups excluding carboxylic acids is 1. The number of aromatic hydroxyl groups is 1. The van der Waals surface area contributed by atoms with Crippen LogP contribution in [0.3, 0.4) is 0 Å². The maximum absolute atomic E-state index is 11.7. The lowest BCUT2D eigenvalue weighted by atomic mass is 10.2. The van der Waals surface area contributed by atoms with Crippen LogP contribution in [0, 0.1) is 0 Å². The fourth-order valence-corrected chi connectivity index (χ4v) is 1.47. The minimum absolute atomic E-state index is 0.0755. The predicted molar refractivity (Wildman–Crippen MR) is 67.7 cm³/mol. The van der Waals surface area contributed by atoms with Crippen LogP contribution < -0.4 is 5.32 Å². The van der Waals surface area contributed by atoms with E-state index >= 15 is 0 Å². The van der Waals surface area contributed by atoms with Crippen molar-refractivity contribution in [2.75, 3.05) is 20.1 Å². The largest absolute Gasteiger partial charge is 0.508 e. The summed E-state index contributed by atoms with van der Waals surface area (Å²) in [5.74, 6) is 0.318. The van der Waals surface area contributed by atoms with Gasteiger partial charge in [-0.1, -0.05) is 19.1 Å². The number of phenols is 1. The number of nitrogens with one attached hydrogen (secondary N) is 1. The molecule has 4 heteroatoms. The second kappa shape index (κ2) is 6.91. The van der Waals surface area contributed by atoms with E-state index in [-0.39, 0.29) is 11.7 Å². The van der Waals surface area contributed by atoms with Gasteiger partial charge < -0.3 is 15.3 Å². The normalized spacial score (nSPS) is 10.2. The number of hydrogen-bond acceptors (Lipinski definition) is 3. The molecule has 17 heavy (non-hydrogen) atoms. The Hall–Kier alpha value is -1.55. The van der Waals surface area contributed by atoms with Crippen LogP contribution in [-0.4, -0.2) is 36.1 Å². The van der Waals surface area contributed by atoms with Gasteiger partial charge in [0.2, 0.25) is 5.91 Å². The monoisotopic (exact) mass is 236 g/mol. The molecule has 0 aromatic heterocycles. The lowest BCUT2D eigenvalue weighted by Gasteiger charge is -2.17. The minimum Gasteiger partial charge on any atom is -0.508 e. The number of hydrogen-bond donors (Lipinski definition) is 2. The van der Waals surface area contributed by atoms with Gasteiger partial charge in [0, 0.05) is 13.6 Å². The molecule has 1 rings (SSSR count). The van der Waals surface area contributed by atoms with Crippen molar-refractivity contribution in [3.63, 3.8) is 0 Å². The van der Waals surface area contributed by atoms with Gasteiger partial charge in [-0.2, -0.15) is 0 Å². The van der Waals surface area contributed by atoms with Crippen LogP contribution in [0.2, 0.25) is 0 Å². The molecule has 0 radical (unpaired) electrons. The van der Waals surface area contributed by atoms with Crippen molar-refractivity contribution in [3.8, 4) is 5.75 Å². The number of phenolic OH excluding ortho intramolecular Hbond substituents is 1. The van der Waals surface area contributed by atoms with Crippen LogP contribution in [0.25, 0.3) is 0 Å². The molecule has 0 aliphatic carbocycles. The first-order valence-corrected chi connectivity index (χ1v) is 5.86. The number of carbonyl (C=O) groups is 1. The Labute approximate surface area is 102 Å². The fraction of sp³-hybridized carbons (Fsp3) is 0.462. The van der Waals surface area contributed by atoms with Gasteiger partial charge in [0.15, 0.2) is 0 Å². The van der Waals surface area contributed by atoms with Crippen molar-refractivity contribution in [1.82, 2.24) is 10.2 Å². The molecule has 0 spiro atoms. The van der Waals surface area contributed by atoms with Crippen molar-refractivity contribution < 1.29 is 9.90 Å². The van der Waals surface area contributed by atoms with Gasteiger partial charge in [-0.05, 0) is 30.7 Å². The molecule has 94 valence electrons. The van der Waals surface area contributed by atoms with E-state index in [0.717, 1.165) is 18.5 Å². The molecule has 2 N–H and O–H groups in total. The van der Waals surface area contributed by atoms with Gasteiger partial charge in [-0.3, -0.25) is 4.79 Å². The van der Waals surface area contributed by atoms with Gasteiger partial charge in [-0.15, -0.1) is 0 Å². The van der Waals surface area contributed by atoms with Crippen molar-refractivity contribution in [3.05, 3.63) is 29.8 Å². The van der Waals surface area contributed by atoms with E-state index < -0.39 is 0 Å². The molecule has 0 saturated heterocycles. The number of rotatable bonds is 6. The summed E-state index contributed by atoms with van der Waals surface area (Å²) in [4.78, 5) is 13.4. The molecule has 1 aromatic rings. The fourth-order valence-electron chi connectivity index (χ4n) is 1.47. The summed E-state index contributed by atoms with van der Waals surface area (Å²) < 4.78 is 0. The zero-order valence-electron chi connectivity index (χ0n) is 10.4. The van der Waals surface area contributed by atoms with E-state index in [2.05, 4.69) is 12.2 Å². The van der Waals surface area contributed by atoms with Crippen LogP contribution in [0.4, 0.5) is 0 Å². The first-order chi connectivity index (χ1) is 8.13. The Bertz CT molecular complexity index is 349. The van der Waals surface area contributed by atoms with Crippen LogP contribution in [0.5, 0.6) is 5.75 Å². The molecular formula is C13H20N2O2. The van der Waals surface area contributed by atoms with Gasteiger partial charge in [0.25, 0.3) is 0 Å². The summed E-state index contributed by atoms with van der Waals surface area (Å²) in [6.07, 6.45) is 1.02. The highest BCUT2D eigenvalue weighted by Crippen LogP contribution is 2.10. The topological polar surface area (TPSA) is 52.6 Å². The zero-order chi connectivity index (χ0) is 12.7. The molecule has 4 nitrogen and oxygen atoms in total. The lowest BCUT2D eigenvalue weighted by molar-refractivity contribution is -0.129. The Kier molecular flexibility index (Phi) is 5.49. The van der Waals surface area contributed by atoms with Crippen molar-refractivity contribution in [1.29, 1.82) is 0 Å². The van der Waals surface area contributed by atoms with Crippen LogP contribution in [0.1, 0.15) is 18.9 Å². The Morgan fingerprint density at radius 1 is 1.35 bits per heavy atom. The highest BCUT2D eigenvalue weighted by atomic mass is 16.3. The summed E-state index contributed by atoms with van der Waals surface area (Å²) in [5, 5.41) is 12.2.